The second kappa shape index (κ2) is 7.09. The van der Waals surface area contributed by atoms with Crippen molar-refractivity contribution in [3.8, 4) is 10.6 Å². The Morgan fingerprint density at radius 1 is 1.12 bits per heavy atom. The smallest absolute Gasteiger partial charge is 0.224 e. The largest absolute Gasteiger partial charge is 0.439 e. The van der Waals surface area contributed by atoms with Crippen LogP contribution in [-0.2, 0) is 11.2 Å². The number of hydrogen-bond donors (Lipinski definition) is 1. The summed E-state index contributed by atoms with van der Waals surface area (Å²) >= 11 is 1.60. The van der Waals surface area contributed by atoms with Gasteiger partial charge in [0.1, 0.15) is 10.5 Å². The van der Waals surface area contributed by atoms with Crippen molar-refractivity contribution < 1.29 is 9.21 Å². The minimum Gasteiger partial charge on any atom is -0.439 e. The standard InChI is InChI=1S/C20H17N3O2S/c1-13-21-16-8-5-9-17(19(16)25-13)23-18(24)11-10-15-12-26-20(22-15)14-6-3-2-4-7-14/h2-9,12H,10-11H2,1H3,(H,23,24). The van der Waals surface area contributed by atoms with Crippen LogP contribution in [0.25, 0.3) is 21.7 Å². The SMILES string of the molecule is Cc1nc2cccc(NC(=O)CCc3csc(-c4ccccc4)n3)c2o1. The zero-order chi connectivity index (χ0) is 17.9. The van der Waals surface area contributed by atoms with Gasteiger partial charge in [0.25, 0.3) is 0 Å². The Labute approximate surface area is 154 Å². The highest BCUT2D eigenvalue weighted by atomic mass is 32.1. The number of benzene rings is 2. The van der Waals surface area contributed by atoms with Crippen LogP contribution in [0.15, 0.2) is 58.3 Å². The van der Waals surface area contributed by atoms with Gasteiger partial charge < -0.3 is 9.73 Å². The molecule has 0 unspecified atom stereocenters. The second-order valence-corrected chi connectivity index (χ2v) is 6.80. The highest BCUT2D eigenvalue weighted by Gasteiger charge is 2.11. The third kappa shape index (κ3) is 3.50. The second-order valence-electron chi connectivity index (χ2n) is 5.94. The molecule has 0 aliphatic heterocycles. The monoisotopic (exact) mass is 363 g/mol. The molecule has 0 atom stereocenters. The van der Waals surface area contributed by atoms with E-state index >= 15 is 0 Å². The Balaban J connectivity index is 1.40. The summed E-state index contributed by atoms with van der Waals surface area (Å²) in [6.07, 6.45) is 0.960. The Hall–Kier alpha value is -2.99. The van der Waals surface area contributed by atoms with Gasteiger partial charge in [0.15, 0.2) is 11.5 Å². The highest BCUT2D eigenvalue weighted by Crippen LogP contribution is 2.25. The van der Waals surface area contributed by atoms with Gasteiger partial charge in [0.05, 0.1) is 11.4 Å². The number of aromatic nitrogens is 2. The quantitative estimate of drug-likeness (QED) is 0.551. The normalized spacial score (nSPS) is 11.0. The van der Waals surface area contributed by atoms with E-state index in [1.807, 2.05) is 53.9 Å². The molecule has 6 heteroatoms. The Bertz CT molecular complexity index is 1050. The van der Waals surface area contributed by atoms with Crippen molar-refractivity contribution in [3.63, 3.8) is 0 Å². The predicted molar refractivity (Wildman–Crippen MR) is 103 cm³/mol. The predicted octanol–water partition coefficient (Wildman–Crippen LogP) is 4.83. The molecule has 1 amide bonds. The number of para-hydroxylation sites is 1. The molecule has 2 heterocycles. The summed E-state index contributed by atoms with van der Waals surface area (Å²) in [5, 5.41) is 5.89. The summed E-state index contributed by atoms with van der Waals surface area (Å²) in [6.45, 7) is 1.79. The first-order chi connectivity index (χ1) is 12.7. The molecule has 2 aromatic carbocycles. The van der Waals surface area contributed by atoms with E-state index in [0.29, 0.717) is 30.0 Å². The van der Waals surface area contributed by atoms with E-state index in [4.69, 9.17) is 4.42 Å². The van der Waals surface area contributed by atoms with Crippen molar-refractivity contribution in [1.82, 2.24) is 9.97 Å². The first-order valence-electron chi connectivity index (χ1n) is 8.35. The van der Waals surface area contributed by atoms with E-state index in [1.165, 1.54) is 0 Å². The number of nitrogens with one attached hydrogen (secondary N) is 1. The van der Waals surface area contributed by atoms with Crippen LogP contribution in [-0.4, -0.2) is 15.9 Å². The zero-order valence-electron chi connectivity index (χ0n) is 14.2. The lowest BCUT2D eigenvalue weighted by molar-refractivity contribution is -0.116. The molecule has 0 saturated heterocycles. The third-order valence-electron chi connectivity index (χ3n) is 3.98. The van der Waals surface area contributed by atoms with Crippen molar-refractivity contribution in [2.75, 3.05) is 5.32 Å². The molecule has 1 N–H and O–H groups in total. The van der Waals surface area contributed by atoms with Crippen LogP contribution in [0.4, 0.5) is 5.69 Å². The van der Waals surface area contributed by atoms with Gasteiger partial charge in [-0.25, -0.2) is 9.97 Å². The van der Waals surface area contributed by atoms with Gasteiger partial charge in [0, 0.05) is 24.3 Å². The fourth-order valence-corrected chi connectivity index (χ4v) is 3.61. The van der Waals surface area contributed by atoms with Crippen LogP contribution in [0.2, 0.25) is 0 Å². The van der Waals surface area contributed by atoms with E-state index < -0.39 is 0 Å². The topological polar surface area (TPSA) is 68.0 Å². The minimum absolute atomic E-state index is 0.0687. The molecule has 26 heavy (non-hydrogen) atoms. The number of rotatable bonds is 5. The molecule has 0 fully saturated rings. The lowest BCUT2D eigenvalue weighted by Gasteiger charge is -2.04. The molecule has 0 aliphatic carbocycles. The van der Waals surface area contributed by atoms with Gasteiger partial charge in [-0.1, -0.05) is 36.4 Å². The van der Waals surface area contributed by atoms with Gasteiger partial charge in [-0.2, -0.15) is 0 Å². The Morgan fingerprint density at radius 2 is 1.96 bits per heavy atom. The number of aryl methyl sites for hydroxylation is 2. The van der Waals surface area contributed by atoms with E-state index in [9.17, 15) is 4.79 Å². The maximum absolute atomic E-state index is 12.3. The lowest BCUT2D eigenvalue weighted by atomic mass is 10.2. The summed E-state index contributed by atoms with van der Waals surface area (Å²) in [5.41, 5.74) is 4.03. The van der Waals surface area contributed by atoms with Crippen LogP contribution in [0, 0.1) is 6.92 Å². The average molecular weight is 363 g/mol. The van der Waals surface area contributed by atoms with Crippen LogP contribution in [0.5, 0.6) is 0 Å². The number of nitrogens with zero attached hydrogens (tertiary/aromatic N) is 2. The number of anilines is 1. The molecular formula is C20H17N3O2S. The Morgan fingerprint density at radius 3 is 2.81 bits per heavy atom. The molecule has 0 radical (unpaired) electrons. The number of fused-ring (bicyclic) bond motifs is 1. The maximum Gasteiger partial charge on any atom is 0.224 e. The van der Waals surface area contributed by atoms with E-state index in [-0.39, 0.29) is 5.91 Å². The van der Waals surface area contributed by atoms with Gasteiger partial charge in [-0.15, -0.1) is 11.3 Å². The van der Waals surface area contributed by atoms with Crippen LogP contribution < -0.4 is 5.32 Å². The molecule has 130 valence electrons. The number of amides is 1. The summed E-state index contributed by atoms with van der Waals surface area (Å²) < 4.78 is 5.58. The average Bonchev–Trinajstić information content (AvgIpc) is 3.27. The maximum atomic E-state index is 12.3. The Kier molecular flexibility index (Phi) is 4.50. The zero-order valence-corrected chi connectivity index (χ0v) is 15.0. The summed E-state index contributed by atoms with van der Waals surface area (Å²) in [6, 6.07) is 15.6. The van der Waals surface area contributed by atoms with Crippen LogP contribution >= 0.6 is 11.3 Å². The molecule has 0 saturated carbocycles. The first kappa shape index (κ1) is 16.5. The third-order valence-corrected chi connectivity index (χ3v) is 4.92. The highest BCUT2D eigenvalue weighted by molar-refractivity contribution is 7.13. The summed E-state index contributed by atoms with van der Waals surface area (Å²) in [7, 11) is 0. The van der Waals surface area contributed by atoms with E-state index in [1.54, 1.807) is 18.3 Å². The minimum atomic E-state index is -0.0687. The summed E-state index contributed by atoms with van der Waals surface area (Å²) in [5.74, 6) is 0.512. The first-order valence-corrected chi connectivity index (χ1v) is 9.23. The number of carbonyl (C=O) groups excluding carboxylic acids is 1. The summed E-state index contributed by atoms with van der Waals surface area (Å²) in [4.78, 5) is 21.2. The van der Waals surface area contributed by atoms with Crippen LogP contribution in [0.1, 0.15) is 18.0 Å². The number of oxazole rings is 1. The molecule has 2 aromatic heterocycles. The number of hydrogen-bond acceptors (Lipinski definition) is 5. The molecular weight excluding hydrogens is 346 g/mol. The van der Waals surface area contributed by atoms with E-state index in [2.05, 4.69) is 15.3 Å². The molecule has 0 bridgehead atoms. The van der Waals surface area contributed by atoms with Crippen LogP contribution in [0.3, 0.4) is 0 Å². The van der Waals surface area contributed by atoms with E-state index in [0.717, 1.165) is 21.8 Å². The number of thiazole rings is 1. The fourth-order valence-electron chi connectivity index (χ4n) is 2.75. The fraction of sp³-hybridized carbons (Fsp3) is 0.150. The van der Waals surface area contributed by atoms with Gasteiger partial charge >= 0.3 is 0 Å². The lowest BCUT2D eigenvalue weighted by Crippen LogP contribution is -2.12. The van der Waals surface area contributed by atoms with Crippen molar-refractivity contribution in [1.29, 1.82) is 0 Å². The molecule has 4 rings (SSSR count). The van der Waals surface area contributed by atoms with Gasteiger partial charge in [-0.05, 0) is 18.6 Å². The van der Waals surface area contributed by atoms with Crippen molar-refractivity contribution in [3.05, 3.63) is 65.5 Å². The van der Waals surface area contributed by atoms with Crippen molar-refractivity contribution in [2.24, 2.45) is 0 Å². The van der Waals surface area contributed by atoms with Gasteiger partial charge in [-0.3, -0.25) is 4.79 Å². The molecule has 0 aliphatic rings. The molecule has 5 nitrogen and oxygen atoms in total. The van der Waals surface area contributed by atoms with Crippen molar-refractivity contribution >= 4 is 34.0 Å². The van der Waals surface area contributed by atoms with Crippen molar-refractivity contribution in [2.45, 2.75) is 19.8 Å². The molecule has 4 aromatic rings. The molecule has 0 spiro atoms. The number of carbonyl (C=O) groups is 1. The van der Waals surface area contributed by atoms with Gasteiger partial charge in [0.2, 0.25) is 5.91 Å².